The molecular formula is C10H17Cl. The second-order valence-corrected chi connectivity index (χ2v) is 5.01. The van der Waals surface area contributed by atoms with E-state index < -0.39 is 0 Å². The molecule has 0 bridgehead atoms. The van der Waals surface area contributed by atoms with Gasteiger partial charge in [-0.15, -0.1) is 0 Å². The lowest BCUT2D eigenvalue weighted by Gasteiger charge is -2.07. The zero-order chi connectivity index (χ0) is 8.65. The summed E-state index contributed by atoms with van der Waals surface area (Å²) in [5.74, 6) is 1.51. The van der Waals surface area contributed by atoms with Gasteiger partial charge in [-0.25, -0.2) is 0 Å². The van der Waals surface area contributed by atoms with E-state index >= 15 is 0 Å². The van der Waals surface area contributed by atoms with Gasteiger partial charge in [0.1, 0.15) is 0 Å². The first-order chi connectivity index (χ1) is 4.93. The fourth-order valence-electron chi connectivity index (χ4n) is 1.88. The summed E-state index contributed by atoms with van der Waals surface area (Å²) in [6, 6.07) is 0. The molecule has 0 spiro atoms. The van der Waals surface area contributed by atoms with Gasteiger partial charge in [-0.2, -0.15) is 0 Å². The topological polar surface area (TPSA) is 0 Å². The van der Waals surface area contributed by atoms with Gasteiger partial charge in [0.2, 0.25) is 0 Å². The fourth-order valence-corrected chi connectivity index (χ4v) is 2.08. The van der Waals surface area contributed by atoms with Crippen LogP contribution in [-0.4, -0.2) is 0 Å². The molecule has 1 unspecified atom stereocenters. The molecule has 0 aromatic rings. The molecule has 1 saturated carbocycles. The lowest BCUT2D eigenvalue weighted by Crippen LogP contribution is -1.99. The van der Waals surface area contributed by atoms with Crippen LogP contribution in [0.3, 0.4) is 0 Å². The largest absolute Gasteiger partial charge is 0.0898 e. The van der Waals surface area contributed by atoms with Crippen LogP contribution in [0.4, 0.5) is 0 Å². The van der Waals surface area contributed by atoms with Crippen LogP contribution in [0.5, 0.6) is 0 Å². The van der Waals surface area contributed by atoms with Gasteiger partial charge in [-0.1, -0.05) is 38.4 Å². The van der Waals surface area contributed by atoms with Gasteiger partial charge in [0.05, 0.1) is 0 Å². The molecule has 1 heteroatoms. The summed E-state index contributed by atoms with van der Waals surface area (Å²) in [5.41, 5.74) is 0.572. The van der Waals surface area contributed by atoms with Crippen molar-refractivity contribution in [3.63, 3.8) is 0 Å². The predicted octanol–water partition coefficient (Wildman–Crippen LogP) is 3.81. The Morgan fingerprint density at radius 1 is 1.64 bits per heavy atom. The Balaban J connectivity index is 2.46. The molecule has 0 N–H and O–H groups in total. The molecule has 1 rings (SSSR count). The summed E-state index contributed by atoms with van der Waals surface area (Å²) in [4.78, 5) is 0. The predicted molar refractivity (Wildman–Crippen MR) is 50.7 cm³/mol. The fraction of sp³-hybridized carbons (Fsp3) is 0.800. The van der Waals surface area contributed by atoms with Crippen molar-refractivity contribution in [2.45, 2.75) is 34.1 Å². The molecule has 1 aliphatic carbocycles. The van der Waals surface area contributed by atoms with Gasteiger partial charge >= 0.3 is 0 Å². The quantitative estimate of drug-likeness (QED) is 0.594. The maximum absolute atomic E-state index is 5.80. The van der Waals surface area contributed by atoms with Gasteiger partial charge in [-0.05, 0) is 30.6 Å². The molecule has 0 aromatic heterocycles. The molecule has 0 radical (unpaired) electrons. The van der Waals surface area contributed by atoms with Gasteiger partial charge in [0.15, 0.2) is 0 Å². The van der Waals surface area contributed by atoms with Crippen LogP contribution in [0, 0.1) is 17.3 Å². The van der Waals surface area contributed by atoms with Crippen LogP contribution in [0.1, 0.15) is 34.1 Å². The average molecular weight is 173 g/mol. The van der Waals surface area contributed by atoms with E-state index in [1.54, 1.807) is 0 Å². The first kappa shape index (κ1) is 9.12. The average Bonchev–Trinajstić information content (AvgIpc) is 2.38. The van der Waals surface area contributed by atoms with Crippen molar-refractivity contribution in [3.05, 3.63) is 11.1 Å². The summed E-state index contributed by atoms with van der Waals surface area (Å²) in [6.45, 7) is 8.86. The molecule has 64 valence electrons. The number of hydrogen-bond acceptors (Lipinski definition) is 0. The summed E-state index contributed by atoms with van der Waals surface area (Å²) < 4.78 is 0. The highest BCUT2D eigenvalue weighted by Crippen LogP contribution is 2.56. The Hall–Kier alpha value is 0.0300. The molecule has 2 atom stereocenters. The summed E-state index contributed by atoms with van der Waals surface area (Å²) in [5, 5.41) is 0.931. The lowest BCUT2D eigenvalue weighted by atomic mass is 9.99. The Labute approximate surface area is 74.6 Å². The molecule has 0 nitrogen and oxygen atoms in total. The van der Waals surface area contributed by atoms with Crippen LogP contribution in [-0.2, 0) is 0 Å². The maximum Gasteiger partial charge on any atom is 0.0112 e. The molecule has 0 heterocycles. The zero-order valence-electron chi connectivity index (χ0n) is 7.82. The standard InChI is InChI=1S/C10H17Cl/c1-7(5-8(2)11)9-6-10(9,3)4/h5,7,9H,6H2,1-4H3/b8-5-/t7-,9?/m1/s1. The number of hydrogen-bond donors (Lipinski definition) is 0. The first-order valence-electron chi connectivity index (χ1n) is 4.27. The van der Waals surface area contributed by atoms with E-state index in [4.69, 9.17) is 11.6 Å². The van der Waals surface area contributed by atoms with Crippen molar-refractivity contribution in [2.75, 3.05) is 0 Å². The molecular weight excluding hydrogens is 156 g/mol. The Kier molecular flexibility index (Phi) is 2.34. The van der Waals surface area contributed by atoms with E-state index in [-0.39, 0.29) is 0 Å². The van der Waals surface area contributed by atoms with Crippen molar-refractivity contribution in [1.82, 2.24) is 0 Å². The Bertz CT molecular complexity index is 175. The molecule has 1 fully saturated rings. The van der Waals surface area contributed by atoms with Crippen molar-refractivity contribution in [2.24, 2.45) is 17.3 Å². The third-order valence-corrected chi connectivity index (χ3v) is 2.84. The van der Waals surface area contributed by atoms with Crippen LogP contribution >= 0.6 is 11.6 Å². The van der Waals surface area contributed by atoms with Gasteiger partial charge in [0, 0.05) is 5.03 Å². The zero-order valence-corrected chi connectivity index (χ0v) is 8.57. The minimum absolute atomic E-state index is 0.572. The highest BCUT2D eigenvalue weighted by molar-refractivity contribution is 6.29. The normalized spacial score (nSPS) is 31.7. The molecule has 11 heavy (non-hydrogen) atoms. The maximum atomic E-state index is 5.80. The monoisotopic (exact) mass is 172 g/mol. The van der Waals surface area contributed by atoms with Crippen molar-refractivity contribution in [3.8, 4) is 0 Å². The van der Waals surface area contributed by atoms with Crippen molar-refractivity contribution >= 4 is 11.6 Å². The summed E-state index contributed by atoms with van der Waals surface area (Å²) in [6.07, 6.45) is 3.52. The lowest BCUT2D eigenvalue weighted by molar-refractivity contribution is 0.484. The van der Waals surface area contributed by atoms with E-state index in [9.17, 15) is 0 Å². The van der Waals surface area contributed by atoms with E-state index in [2.05, 4.69) is 26.8 Å². The van der Waals surface area contributed by atoms with Gasteiger partial charge < -0.3 is 0 Å². The number of allylic oxidation sites excluding steroid dienone is 2. The van der Waals surface area contributed by atoms with Crippen LogP contribution < -0.4 is 0 Å². The minimum Gasteiger partial charge on any atom is -0.0898 e. The smallest absolute Gasteiger partial charge is 0.0112 e. The molecule has 1 aliphatic rings. The van der Waals surface area contributed by atoms with E-state index in [1.165, 1.54) is 6.42 Å². The summed E-state index contributed by atoms with van der Waals surface area (Å²) in [7, 11) is 0. The second kappa shape index (κ2) is 2.82. The number of halogens is 1. The van der Waals surface area contributed by atoms with Crippen molar-refractivity contribution in [1.29, 1.82) is 0 Å². The first-order valence-corrected chi connectivity index (χ1v) is 4.65. The summed E-state index contributed by atoms with van der Waals surface area (Å²) >= 11 is 5.80. The third-order valence-electron chi connectivity index (χ3n) is 2.72. The van der Waals surface area contributed by atoms with Crippen LogP contribution in [0.25, 0.3) is 0 Å². The number of rotatable bonds is 2. The van der Waals surface area contributed by atoms with Crippen LogP contribution in [0.2, 0.25) is 0 Å². The van der Waals surface area contributed by atoms with E-state index in [0.717, 1.165) is 11.0 Å². The Morgan fingerprint density at radius 2 is 2.09 bits per heavy atom. The van der Waals surface area contributed by atoms with E-state index in [0.29, 0.717) is 11.3 Å². The molecule has 0 amide bonds. The van der Waals surface area contributed by atoms with Crippen LogP contribution in [0.15, 0.2) is 11.1 Å². The molecule has 0 aliphatic heterocycles. The van der Waals surface area contributed by atoms with Crippen molar-refractivity contribution < 1.29 is 0 Å². The van der Waals surface area contributed by atoms with E-state index in [1.807, 2.05) is 6.92 Å². The van der Waals surface area contributed by atoms with Gasteiger partial charge in [-0.3, -0.25) is 0 Å². The SMILES string of the molecule is C/C(Cl)=C/[C@@H](C)C1CC1(C)C. The van der Waals surface area contributed by atoms with Gasteiger partial charge in [0.25, 0.3) is 0 Å². The minimum atomic E-state index is 0.572. The Morgan fingerprint density at radius 3 is 2.36 bits per heavy atom. The third kappa shape index (κ3) is 2.23. The highest BCUT2D eigenvalue weighted by Gasteiger charge is 2.47. The second-order valence-electron chi connectivity index (χ2n) is 4.41. The highest BCUT2D eigenvalue weighted by atomic mass is 35.5. The molecule has 0 saturated heterocycles. The molecule has 0 aromatic carbocycles.